The molecule has 1 heterocycles. The van der Waals surface area contributed by atoms with Crippen molar-refractivity contribution >= 4 is 0 Å². The Kier molecular flexibility index (Phi) is 4.58. The highest BCUT2D eigenvalue weighted by Gasteiger charge is 2.38. The monoisotopic (exact) mass is 290 g/mol. The summed E-state index contributed by atoms with van der Waals surface area (Å²) in [5, 5.41) is 3.84. The van der Waals surface area contributed by atoms with Gasteiger partial charge in [-0.3, -0.25) is 0 Å². The highest BCUT2D eigenvalue weighted by molar-refractivity contribution is 5.26. The second-order valence-corrected chi connectivity index (χ2v) is 8.63. The van der Waals surface area contributed by atoms with E-state index in [1.54, 1.807) is 0 Å². The van der Waals surface area contributed by atoms with E-state index < -0.39 is 0 Å². The van der Waals surface area contributed by atoms with Crippen molar-refractivity contribution in [2.24, 2.45) is 10.8 Å². The maximum Gasteiger partial charge on any atom is 0.0225 e. The van der Waals surface area contributed by atoms with E-state index >= 15 is 0 Å². The quantitative estimate of drug-likeness (QED) is 0.841. The number of aryl methyl sites for hydroxylation is 1. The summed E-state index contributed by atoms with van der Waals surface area (Å²) in [4.78, 5) is 0. The number of aromatic nitrogens is 1. The zero-order valence-electron chi connectivity index (χ0n) is 15.1. The van der Waals surface area contributed by atoms with E-state index in [0.717, 1.165) is 13.1 Å². The lowest BCUT2D eigenvalue weighted by Crippen LogP contribution is -2.43. The van der Waals surface area contributed by atoms with Gasteiger partial charge in [-0.1, -0.05) is 27.7 Å². The van der Waals surface area contributed by atoms with E-state index in [-0.39, 0.29) is 0 Å². The lowest BCUT2D eigenvalue weighted by molar-refractivity contribution is 0.0844. The van der Waals surface area contributed by atoms with E-state index in [4.69, 9.17) is 0 Å². The van der Waals surface area contributed by atoms with Gasteiger partial charge in [-0.2, -0.15) is 0 Å². The smallest absolute Gasteiger partial charge is 0.0225 e. The van der Waals surface area contributed by atoms with Gasteiger partial charge in [0, 0.05) is 30.5 Å². The third-order valence-corrected chi connectivity index (χ3v) is 5.13. The molecular formula is C19H34N2. The highest BCUT2D eigenvalue weighted by atomic mass is 15.0. The second-order valence-electron chi connectivity index (χ2n) is 8.63. The molecular weight excluding hydrogens is 256 g/mol. The van der Waals surface area contributed by atoms with Crippen LogP contribution in [0.25, 0.3) is 0 Å². The molecule has 2 heteroatoms. The lowest BCUT2D eigenvalue weighted by atomic mass is 9.63. The van der Waals surface area contributed by atoms with E-state index in [2.05, 4.69) is 64.4 Å². The average molecular weight is 290 g/mol. The Morgan fingerprint density at radius 3 is 2.19 bits per heavy atom. The summed E-state index contributed by atoms with van der Waals surface area (Å²) in [7, 11) is 0. The van der Waals surface area contributed by atoms with Gasteiger partial charge in [0.25, 0.3) is 0 Å². The molecule has 1 aromatic rings. The third kappa shape index (κ3) is 3.91. The minimum atomic E-state index is 0.458. The normalized spacial score (nSPS) is 21.7. The first-order valence-electron chi connectivity index (χ1n) is 8.52. The number of hydrogen-bond acceptors (Lipinski definition) is 1. The summed E-state index contributed by atoms with van der Waals surface area (Å²) < 4.78 is 2.41. The molecule has 1 fully saturated rings. The molecule has 1 N–H and O–H groups in total. The molecule has 21 heavy (non-hydrogen) atoms. The Morgan fingerprint density at radius 2 is 1.71 bits per heavy atom. The van der Waals surface area contributed by atoms with Crippen LogP contribution < -0.4 is 5.32 Å². The first kappa shape index (κ1) is 16.6. The van der Waals surface area contributed by atoms with E-state index in [1.165, 1.54) is 36.2 Å². The van der Waals surface area contributed by atoms with Crippen LogP contribution in [-0.4, -0.2) is 10.6 Å². The topological polar surface area (TPSA) is 17.0 Å². The van der Waals surface area contributed by atoms with Crippen LogP contribution in [0.1, 0.15) is 70.8 Å². The zero-order valence-corrected chi connectivity index (χ0v) is 15.1. The Hall–Kier alpha value is -0.760. The molecule has 2 nitrogen and oxygen atoms in total. The van der Waals surface area contributed by atoms with Crippen molar-refractivity contribution in [3.63, 3.8) is 0 Å². The standard InChI is InChI=1S/C19H34N2/c1-8-21-14(2)9-16(15(21)3)12-20-17-10-18(4,5)13-19(6,7)11-17/h9,17,20H,8,10-13H2,1-7H3. The Labute approximate surface area is 131 Å². The molecule has 1 aliphatic rings. The van der Waals surface area contributed by atoms with E-state index in [9.17, 15) is 0 Å². The van der Waals surface area contributed by atoms with Gasteiger partial charge in [0.2, 0.25) is 0 Å². The van der Waals surface area contributed by atoms with Crippen LogP contribution in [-0.2, 0) is 13.1 Å². The van der Waals surface area contributed by atoms with E-state index in [1.807, 2.05) is 0 Å². The van der Waals surface area contributed by atoms with Gasteiger partial charge in [0.15, 0.2) is 0 Å². The van der Waals surface area contributed by atoms with Crippen molar-refractivity contribution in [1.82, 2.24) is 9.88 Å². The van der Waals surface area contributed by atoms with Crippen molar-refractivity contribution in [1.29, 1.82) is 0 Å². The number of hydrogen-bond donors (Lipinski definition) is 1. The van der Waals surface area contributed by atoms with Crippen molar-refractivity contribution in [3.05, 3.63) is 23.0 Å². The van der Waals surface area contributed by atoms with Crippen molar-refractivity contribution in [2.75, 3.05) is 0 Å². The predicted octanol–water partition coefficient (Wildman–Crippen LogP) is 4.82. The van der Waals surface area contributed by atoms with Crippen LogP contribution in [0.4, 0.5) is 0 Å². The van der Waals surface area contributed by atoms with Gasteiger partial charge in [0.1, 0.15) is 0 Å². The molecule has 0 radical (unpaired) electrons. The Morgan fingerprint density at radius 1 is 1.14 bits per heavy atom. The summed E-state index contributed by atoms with van der Waals surface area (Å²) in [6.07, 6.45) is 3.93. The molecule has 1 aromatic heterocycles. The predicted molar refractivity (Wildman–Crippen MR) is 91.6 cm³/mol. The molecule has 0 amide bonds. The first-order valence-corrected chi connectivity index (χ1v) is 8.52. The van der Waals surface area contributed by atoms with Gasteiger partial charge in [0.05, 0.1) is 0 Å². The molecule has 1 saturated carbocycles. The molecule has 2 rings (SSSR count). The second kappa shape index (κ2) is 5.79. The molecule has 0 unspecified atom stereocenters. The van der Waals surface area contributed by atoms with Crippen molar-refractivity contribution in [3.8, 4) is 0 Å². The third-order valence-electron chi connectivity index (χ3n) is 5.13. The summed E-state index contributed by atoms with van der Waals surface area (Å²) in [5.41, 5.74) is 5.20. The number of nitrogens with zero attached hydrogens (tertiary/aromatic N) is 1. The van der Waals surface area contributed by atoms with E-state index in [0.29, 0.717) is 16.9 Å². The van der Waals surface area contributed by atoms with Crippen LogP contribution in [0.2, 0.25) is 0 Å². The maximum atomic E-state index is 3.84. The van der Waals surface area contributed by atoms with Crippen LogP contribution in [0.5, 0.6) is 0 Å². The SMILES string of the molecule is CCn1c(C)cc(CNC2CC(C)(C)CC(C)(C)C2)c1C. The van der Waals surface area contributed by atoms with Gasteiger partial charge in [-0.25, -0.2) is 0 Å². The molecule has 0 saturated heterocycles. The highest BCUT2D eigenvalue weighted by Crippen LogP contribution is 2.45. The van der Waals surface area contributed by atoms with Crippen LogP contribution in [0.15, 0.2) is 6.07 Å². The van der Waals surface area contributed by atoms with Crippen LogP contribution >= 0.6 is 0 Å². The molecule has 0 aromatic carbocycles. The van der Waals surface area contributed by atoms with Crippen molar-refractivity contribution in [2.45, 2.75) is 86.9 Å². The van der Waals surface area contributed by atoms with Gasteiger partial charge in [-0.15, -0.1) is 0 Å². The minimum Gasteiger partial charge on any atom is -0.349 e. The maximum absolute atomic E-state index is 3.84. The van der Waals surface area contributed by atoms with Crippen LogP contribution in [0.3, 0.4) is 0 Å². The fourth-order valence-corrected chi connectivity index (χ4v) is 4.78. The summed E-state index contributed by atoms with van der Waals surface area (Å²) in [5.74, 6) is 0. The fraction of sp³-hybridized carbons (Fsp3) is 0.789. The fourth-order valence-electron chi connectivity index (χ4n) is 4.78. The van der Waals surface area contributed by atoms with Gasteiger partial charge >= 0.3 is 0 Å². The largest absolute Gasteiger partial charge is 0.349 e. The van der Waals surface area contributed by atoms with Crippen LogP contribution in [0, 0.1) is 24.7 Å². The Balaban J connectivity index is 2.03. The number of rotatable bonds is 4. The minimum absolute atomic E-state index is 0.458. The molecule has 1 aliphatic carbocycles. The van der Waals surface area contributed by atoms with Crippen molar-refractivity contribution < 1.29 is 0 Å². The molecule has 120 valence electrons. The molecule has 0 aliphatic heterocycles. The zero-order chi connectivity index (χ0) is 15.8. The molecule has 0 atom stereocenters. The number of nitrogens with one attached hydrogen (secondary N) is 1. The first-order chi connectivity index (χ1) is 9.63. The summed E-state index contributed by atoms with van der Waals surface area (Å²) >= 11 is 0. The molecule has 0 spiro atoms. The summed E-state index contributed by atoms with van der Waals surface area (Å²) in [6.45, 7) is 18.5. The summed E-state index contributed by atoms with van der Waals surface area (Å²) in [6, 6.07) is 3.00. The molecule has 0 bridgehead atoms. The van der Waals surface area contributed by atoms with Gasteiger partial charge in [-0.05, 0) is 62.5 Å². The Bertz CT molecular complexity index is 478. The lowest BCUT2D eigenvalue weighted by Gasteiger charge is -2.45. The average Bonchev–Trinajstić information content (AvgIpc) is 2.57. The van der Waals surface area contributed by atoms with Gasteiger partial charge < -0.3 is 9.88 Å².